The number of carbonyl (C=O) groups is 1. The molecule has 1 aromatic carbocycles. The Balaban J connectivity index is 2.49. The summed E-state index contributed by atoms with van der Waals surface area (Å²) in [5.41, 5.74) is 0.841. The van der Waals surface area contributed by atoms with Crippen molar-refractivity contribution in [2.75, 3.05) is 0 Å². The van der Waals surface area contributed by atoms with Crippen LogP contribution in [0.25, 0.3) is 10.6 Å². The summed E-state index contributed by atoms with van der Waals surface area (Å²) < 4.78 is 0.910. The van der Waals surface area contributed by atoms with E-state index in [1.54, 1.807) is 0 Å². The molecule has 1 heterocycles. The standard InChI is InChI=1S/C10H5BrClNO2S/c11-6-3-1-2-5(4-6)9-13-8(12)7(16-9)10(14)15/h1-4H,(H,14,15). The maximum Gasteiger partial charge on any atom is 0.349 e. The zero-order valence-electron chi connectivity index (χ0n) is 7.78. The quantitative estimate of drug-likeness (QED) is 0.913. The molecule has 0 aliphatic carbocycles. The minimum atomic E-state index is -1.05. The molecule has 0 aliphatic heterocycles. The van der Waals surface area contributed by atoms with Gasteiger partial charge in [-0.25, -0.2) is 9.78 Å². The van der Waals surface area contributed by atoms with Crippen molar-refractivity contribution in [3.63, 3.8) is 0 Å². The second-order valence-electron chi connectivity index (χ2n) is 2.95. The first-order chi connectivity index (χ1) is 7.58. The molecule has 0 bridgehead atoms. The van der Waals surface area contributed by atoms with Crippen LogP contribution in [-0.2, 0) is 0 Å². The highest BCUT2D eigenvalue weighted by atomic mass is 79.9. The molecule has 0 fully saturated rings. The predicted octanol–water partition coefficient (Wildman–Crippen LogP) is 3.92. The van der Waals surface area contributed by atoms with Gasteiger partial charge >= 0.3 is 5.97 Å². The molecule has 82 valence electrons. The molecule has 16 heavy (non-hydrogen) atoms. The molecule has 0 atom stereocenters. The van der Waals surface area contributed by atoms with Gasteiger partial charge in [-0.3, -0.25) is 0 Å². The van der Waals surface area contributed by atoms with Crippen molar-refractivity contribution in [2.45, 2.75) is 0 Å². The summed E-state index contributed by atoms with van der Waals surface area (Å²) in [6.07, 6.45) is 0. The maximum atomic E-state index is 10.8. The molecule has 0 spiro atoms. The van der Waals surface area contributed by atoms with Crippen molar-refractivity contribution in [2.24, 2.45) is 0 Å². The van der Waals surface area contributed by atoms with E-state index in [9.17, 15) is 4.79 Å². The first kappa shape index (κ1) is 11.6. The van der Waals surface area contributed by atoms with E-state index in [1.165, 1.54) is 0 Å². The number of nitrogens with zero attached hydrogens (tertiary/aromatic N) is 1. The summed E-state index contributed by atoms with van der Waals surface area (Å²) >= 11 is 10.1. The van der Waals surface area contributed by atoms with Crippen LogP contribution in [0.15, 0.2) is 28.7 Å². The van der Waals surface area contributed by atoms with Gasteiger partial charge in [0.2, 0.25) is 0 Å². The number of aromatic nitrogens is 1. The van der Waals surface area contributed by atoms with Crippen LogP contribution >= 0.6 is 38.9 Å². The van der Waals surface area contributed by atoms with Gasteiger partial charge < -0.3 is 5.11 Å². The Labute approximate surface area is 109 Å². The lowest BCUT2D eigenvalue weighted by molar-refractivity contribution is 0.0702. The highest BCUT2D eigenvalue weighted by Crippen LogP contribution is 2.31. The molecule has 0 amide bonds. The molecule has 3 nitrogen and oxygen atoms in total. The van der Waals surface area contributed by atoms with Gasteiger partial charge in [-0.1, -0.05) is 39.7 Å². The number of hydrogen-bond acceptors (Lipinski definition) is 3. The average Bonchev–Trinajstić information content (AvgIpc) is 2.60. The van der Waals surface area contributed by atoms with Gasteiger partial charge in [0.1, 0.15) is 5.01 Å². The largest absolute Gasteiger partial charge is 0.477 e. The lowest BCUT2D eigenvalue weighted by atomic mass is 10.2. The molecule has 2 rings (SSSR count). The smallest absolute Gasteiger partial charge is 0.349 e. The lowest BCUT2D eigenvalue weighted by Crippen LogP contribution is -1.91. The Morgan fingerprint density at radius 3 is 2.81 bits per heavy atom. The highest BCUT2D eigenvalue weighted by molar-refractivity contribution is 9.10. The fraction of sp³-hybridized carbons (Fsp3) is 0. The molecular formula is C10H5BrClNO2S. The predicted molar refractivity (Wildman–Crippen MR) is 67.2 cm³/mol. The maximum absolute atomic E-state index is 10.8. The summed E-state index contributed by atoms with van der Waals surface area (Å²) in [6, 6.07) is 7.46. The van der Waals surface area contributed by atoms with Crippen LogP contribution in [0.4, 0.5) is 0 Å². The molecule has 0 unspecified atom stereocenters. The number of rotatable bonds is 2. The molecule has 1 N–H and O–H groups in total. The molecule has 2 aromatic rings. The van der Waals surface area contributed by atoms with Gasteiger partial charge in [0, 0.05) is 10.0 Å². The summed E-state index contributed by atoms with van der Waals surface area (Å²) in [6.45, 7) is 0. The van der Waals surface area contributed by atoms with Crippen LogP contribution < -0.4 is 0 Å². The van der Waals surface area contributed by atoms with E-state index in [2.05, 4.69) is 20.9 Å². The summed E-state index contributed by atoms with van der Waals surface area (Å²) in [5.74, 6) is -1.05. The topological polar surface area (TPSA) is 50.2 Å². The highest BCUT2D eigenvalue weighted by Gasteiger charge is 2.16. The average molecular weight is 319 g/mol. The molecule has 0 saturated carbocycles. The van der Waals surface area contributed by atoms with E-state index in [4.69, 9.17) is 16.7 Å². The third-order valence-corrected chi connectivity index (χ3v) is 3.82. The number of hydrogen-bond donors (Lipinski definition) is 1. The minimum Gasteiger partial charge on any atom is -0.477 e. The third kappa shape index (κ3) is 2.26. The van der Waals surface area contributed by atoms with E-state index in [0.29, 0.717) is 5.01 Å². The fourth-order valence-corrected chi connectivity index (χ4v) is 2.70. The van der Waals surface area contributed by atoms with Crippen molar-refractivity contribution in [1.29, 1.82) is 0 Å². The molecule has 0 saturated heterocycles. The van der Waals surface area contributed by atoms with Gasteiger partial charge in [-0.15, -0.1) is 11.3 Å². The normalized spacial score (nSPS) is 10.4. The number of benzene rings is 1. The van der Waals surface area contributed by atoms with Gasteiger partial charge in [0.15, 0.2) is 10.0 Å². The second kappa shape index (κ2) is 4.53. The van der Waals surface area contributed by atoms with Crippen molar-refractivity contribution >= 4 is 44.8 Å². The molecule has 0 aliphatic rings. The summed E-state index contributed by atoms with van der Waals surface area (Å²) in [4.78, 5) is 14.9. The number of thiazole rings is 1. The van der Waals surface area contributed by atoms with Gasteiger partial charge in [-0.2, -0.15) is 0 Å². The van der Waals surface area contributed by atoms with Crippen LogP contribution in [0.3, 0.4) is 0 Å². The van der Waals surface area contributed by atoms with Crippen LogP contribution in [-0.4, -0.2) is 16.1 Å². The molecule has 0 radical (unpaired) electrons. The zero-order valence-corrected chi connectivity index (χ0v) is 10.9. The van der Waals surface area contributed by atoms with Crippen molar-refractivity contribution in [3.05, 3.63) is 38.8 Å². The van der Waals surface area contributed by atoms with E-state index in [0.717, 1.165) is 21.4 Å². The fourth-order valence-electron chi connectivity index (χ4n) is 1.18. The molecular weight excluding hydrogens is 314 g/mol. The van der Waals surface area contributed by atoms with Crippen LogP contribution in [0.5, 0.6) is 0 Å². The van der Waals surface area contributed by atoms with Gasteiger partial charge in [0.05, 0.1) is 0 Å². The Hall–Kier alpha value is -0.910. The van der Waals surface area contributed by atoms with Crippen LogP contribution in [0.2, 0.25) is 5.15 Å². The monoisotopic (exact) mass is 317 g/mol. The van der Waals surface area contributed by atoms with Crippen molar-refractivity contribution in [1.82, 2.24) is 4.98 Å². The number of carboxylic acid groups (broad SMARTS) is 1. The van der Waals surface area contributed by atoms with Crippen LogP contribution in [0.1, 0.15) is 9.67 Å². The first-order valence-electron chi connectivity index (χ1n) is 4.23. The van der Waals surface area contributed by atoms with E-state index >= 15 is 0 Å². The Bertz CT molecular complexity index is 556. The number of carboxylic acids is 1. The first-order valence-corrected chi connectivity index (χ1v) is 6.22. The zero-order chi connectivity index (χ0) is 11.7. The van der Waals surface area contributed by atoms with Crippen molar-refractivity contribution < 1.29 is 9.90 Å². The van der Waals surface area contributed by atoms with E-state index in [1.807, 2.05) is 24.3 Å². The Kier molecular flexibility index (Phi) is 3.28. The minimum absolute atomic E-state index is 0.0347. The number of halogens is 2. The number of aromatic carboxylic acids is 1. The third-order valence-electron chi connectivity index (χ3n) is 1.85. The second-order valence-corrected chi connectivity index (χ2v) is 5.23. The van der Waals surface area contributed by atoms with Gasteiger partial charge in [0.25, 0.3) is 0 Å². The lowest BCUT2D eigenvalue weighted by Gasteiger charge is -1.95. The van der Waals surface area contributed by atoms with Crippen LogP contribution in [0, 0.1) is 0 Å². The Morgan fingerprint density at radius 2 is 2.25 bits per heavy atom. The SMILES string of the molecule is O=C(O)c1sc(-c2cccc(Br)c2)nc1Cl. The Morgan fingerprint density at radius 1 is 1.50 bits per heavy atom. The van der Waals surface area contributed by atoms with Crippen molar-refractivity contribution in [3.8, 4) is 10.6 Å². The molecule has 6 heteroatoms. The summed E-state index contributed by atoms with van der Waals surface area (Å²) in [5, 5.41) is 9.49. The van der Waals surface area contributed by atoms with Gasteiger partial charge in [-0.05, 0) is 12.1 Å². The summed E-state index contributed by atoms with van der Waals surface area (Å²) in [7, 11) is 0. The van der Waals surface area contributed by atoms with E-state index in [-0.39, 0.29) is 10.0 Å². The molecule has 1 aromatic heterocycles. The van der Waals surface area contributed by atoms with E-state index < -0.39 is 5.97 Å².